The number of Topliss-reactive ketones (excluding diaryl/α,β-unsaturated/α-hetero) is 1. The molecule has 7 nitrogen and oxygen atoms in total. The van der Waals surface area contributed by atoms with Crippen LogP contribution in [0.3, 0.4) is 0 Å². The van der Waals surface area contributed by atoms with E-state index in [1.54, 1.807) is 37.3 Å². The Bertz CT molecular complexity index is 802. The molecular formula is C15H17N3O4. The van der Waals surface area contributed by atoms with E-state index in [4.69, 9.17) is 4.74 Å². The largest absolute Gasteiger partial charge is 0.354 e. The van der Waals surface area contributed by atoms with Crippen LogP contribution in [-0.4, -0.2) is 26.7 Å². The highest BCUT2D eigenvalue weighted by Gasteiger charge is 2.47. The molecule has 0 radical (unpaired) electrons. The Kier molecular flexibility index (Phi) is 3.58. The van der Waals surface area contributed by atoms with E-state index in [0.29, 0.717) is 24.9 Å². The third-order valence-electron chi connectivity index (χ3n) is 3.91. The summed E-state index contributed by atoms with van der Waals surface area (Å²) in [7, 11) is 0. The van der Waals surface area contributed by atoms with Crippen LogP contribution in [0.4, 0.5) is 0 Å². The van der Waals surface area contributed by atoms with Gasteiger partial charge in [0, 0.05) is 19.4 Å². The Morgan fingerprint density at radius 2 is 1.95 bits per heavy atom. The van der Waals surface area contributed by atoms with Gasteiger partial charge in [-0.2, -0.15) is 4.68 Å². The van der Waals surface area contributed by atoms with Gasteiger partial charge in [-0.15, -0.1) is 0 Å². The molecule has 1 N–H and O–H groups in total. The van der Waals surface area contributed by atoms with Crippen LogP contribution in [0.25, 0.3) is 5.69 Å². The predicted molar refractivity (Wildman–Crippen MR) is 79.1 cm³/mol. The minimum Gasteiger partial charge on any atom is -0.347 e. The summed E-state index contributed by atoms with van der Waals surface area (Å²) in [6, 6.07) is 8.58. The summed E-state index contributed by atoms with van der Waals surface area (Å²) in [6.07, 6.45) is 1.35. The van der Waals surface area contributed by atoms with Gasteiger partial charge in [-0.1, -0.05) is 18.2 Å². The van der Waals surface area contributed by atoms with Gasteiger partial charge < -0.3 is 4.74 Å². The zero-order valence-corrected chi connectivity index (χ0v) is 12.2. The summed E-state index contributed by atoms with van der Waals surface area (Å²) in [5.74, 6) is -0.182. The number of H-pyrrole nitrogens is 1. The molecule has 1 heterocycles. The monoisotopic (exact) mass is 303 g/mol. The molecule has 0 amide bonds. The number of hydrogen-bond acceptors (Lipinski definition) is 4. The number of para-hydroxylation sites is 1. The molecule has 7 heteroatoms. The summed E-state index contributed by atoms with van der Waals surface area (Å²) in [6.45, 7) is 2.03. The number of aromatic amines is 1. The van der Waals surface area contributed by atoms with E-state index in [9.17, 15) is 14.4 Å². The standard InChI is InChI=1S/C15H17N3O4/c1-2-22-15(10-6-9-12(15)19)18-14(21)17(13(20)16-18)11-7-4-3-5-8-11/h3-5,7-8H,2,6,9-10H2,1H3,(H,16,20). The van der Waals surface area contributed by atoms with Crippen LogP contribution in [0, 0.1) is 0 Å². The molecule has 1 aliphatic rings. The second kappa shape index (κ2) is 5.42. The number of aromatic nitrogens is 3. The van der Waals surface area contributed by atoms with E-state index < -0.39 is 17.1 Å². The Hall–Kier alpha value is -2.41. The minimum atomic E-state index is -1.38. The predicted octanol–water partition coefficient (Wildman–Crippen LogP) is 0.770. The lowest BCUT2D eigenvalue weighted by Gasteiger charge is -2.26. The minimum absolute atomic E-state index is 0.182. The van der Waals surface area contributed by atoms with Crippen molar-refractivity contribution in [3.8, 4) is 5.69 Å². The van der Waals surface area contributed by atoms with Crippen LogP contribution in [0.15, 0.2) is 39.9 Å². The molecular weight excluding hydrogens is 286 g/mol. The lowest BCUT2D eigenvalue weighted by atomic mass is 10.1. The zero-order valence-electron chi connectivity index (χ0n) is 12.2. The molecule has 0 aliphatic heterocycles. The van der Waals surface area contributed by atoms with Crippen LogP contribution in [0.5, 0.6) is 0 Å². The van der Waals surface area contributed by atoms with Gasteiger partial charge in [0.2, 0.25) is 5.72 Å². The van der Waals surface area contributed by atoms with Crippen molar-refractivity contribution in [2.75, 3.05) is 6.61 Å². The second-order valence-corrected chi connectivity index (χ2v) is 5.20. The molecule has 1 aromatic carbocycles. The van der Waals surface area contributed by atoms with E-state index >= 15 is 0 Å². The van der Waals surface area contributed by atoms with Crippen molar-refractivity contribution < 1.29 is 9.53 Å². The van der Waals surface area contributed by atoms with Crippen LogP contribution >= 0.6 is 0 Å². The van der Waals surface area contributed by atoms with E-state index in [1.165, 1.54) is 0 Å². The molecule has 0 saturated heterocycles. The number of hydrogen-bond donors (Lipinski definition) is 1. The summed E-state index contributed by atoms with van der Waals surface area (Å²) in [5, 5.41) is 2.48. The average molecular weight is 303 g/mol. The highest BCUT2D eigenvalue weighted by molar-refractivity contribution is 5.87. The molecule has 1 unspecified atom stereocenters. The molecule has 116 valence electrons. The van der Waals surface area contributed by atoms with Gasteiger partial charge in [0.15, 0.2) is 5.78 Å². The summed E-state index contributed by atoms with van der Waals surface area (Å²) in [4.78, 5) is 37.1. The van der Waals surface area contributed by atoms with Crippen molar-refractivity contribution in [3.05, 3.63) is 51.3 Å². The topological polar surface area (TPSA) is 86.1 Å². The van der Waals surface area contributed by atoms with Gasteiger partial charge in [0.25, 0.3) is 0 Å². The van der Waals surface area contributed by atoms with Gasteiger partial charge in [0.1, 0.15) is 0 Å². The normalized spacial score (nSPS) is 21.4. The number of nitrogens with zero attached hydrogens (tertiary/aromatic N) is 2. The zero-order chi connectivity index (χ0) is 15.7. The molecule has 1 fully saturated rings. The van der Waals surface area contributed by atoms with Crippen molar-refractivity contribution in [1.29, 1.82) is 0 Å². The smallest absolute Gasteiger partial charge is 0.347 e. The number of benzene rings is 1. The average Bonchev–Trinajstić information content (AvgIpc) is 3.02. The fraction of sp³-hybridized carbons (Fsp3) is 0.400. The first-order valence-corrected chi connectivity index (χ1v) is 7.27. The SMILES string of the molecule is CCOC1(n2[nH]c(=O)n(-c3ccccc3)c2=O)CCCC1=O. The summed E-state index contributed by atoms with van der Waals surface area (Å²) in [5.41, 5.74) is -2.12. The number of ketones is 1. The number of nitrogens with one attached hydrogen (secondary N) is 1. The van der Waals surface area contributed by atoms with Crippen molar-refractivity contribution in [2.24, 2.45) is 0 Å². The first-order valence-electron chi connectivity index (χ1n) is 7.27. The molecule has 1 atom stereocenters. The van der Waals surface area contributed by atoms with Crippen molar-refractivity contribution in [3.63, 3.8) is 0 Å². The molecule has 2 aromatic rings. The Labute approximate surface area is 126 Å². The van der Waals surface area contributed by atoms with E-state index in [0.717, 1.165) is 9.25 Å². The fourth-order valence-electron chi connectivity index (χ4n) is 2.95. The summed E-state index contributed by atoms with van der Waals surface area (Å²) < 4.78 is 7.65. The molecule has 22 heavy (non-hydrogen) atoms. The first kappa shape index (κ1) is 14.5. The third kappa shape index (κ3) is 2.05. The number of ether oxygens (including phenoxy) is 1. The van der Waals surface area contributed by atoms with E-state index in [-0.39, 0.29) is 12.4 Å². The van der Waals surface area contributed by atoms with Crippen LogP contribution in [0.1, 0.15) is 26.2 Å². The Balaban J connectivity index is 2.20. The maximum absolute atomic E-state index is 12.7. The molecule has 1 aromatic heterocycles. The van der Waals surface area contributed by atoms with Crippen LogP contribution in [0.2, 0.25) is 0 Å². The second-order valence-electron chi connectivity index (χ2n) is 5.20. The van der Waals surface area contributed by atoms with Gasteiger partial charge in [-0.25, -0.2) is 19.3 Å². The number of rotatable bonds is 4. The number of carbonyl (C=O) groups is 1. The van der Waals surface area contributed by atoms with Gasteiger partial charge in [0.05, 0.1) is 5.69 Å². The molecule has 1 aliphatic carbocycles. The fourth-order valence-corrected chi connectivity index (χ4v) is 2.95. The molecule has 1 saturated carbocycles. The lowest BCUT2D eigenvalue weighted by Crippen LogP contribution is -2.47. The van der Waals surface area contributed by atoms with Crippen molar-refractivity contribution in [2.45, 2.75) is 31.9 Å². The molecule has 0 spiro atoms. The van der Waals surface area contributed by atoms with Crippen molar-refractivity contribution >= 4 is 5.78 Å². The lowest BCUT2D eigenvalue weighted by molar-refractivity contribution is -0.157. The number of carbonyl (C=O) groups excluding carboxylic acids is 1. The maximum atomic E-state index is 12.7. The van der Waals surface area contributed by atoms with Gasteiger partial charge in [-0.05, 0) is 25.5 Å². The quantitative estimate of drug-likeness (QED) is 0.904. The summed E-state index contributed by atoms with van der Waals surface area (Å²) >= 11 is 0. The highest BCUT2D eigenvalue weighted by Crippen LogP contribution is 2.32. The Morgan fingerprint density at radius 3 is 2.55 bits per heavy atom. The van der Waals surface area contributed by atoms with Crippen molar-refractivity contribution in [1.82, 2.24) is 14.3 Å². The highest BCUT2D eigenvalue weighted by atomic mass is 16.5. The Morgan fingerprint density at radius 1 is 1.23 bits per heavy atom. The third-order valence-corrected chi connectivity index (χ3v) is 3.91. The van der Waals surface area contributed by atoms with Gasteiger partial charge >= 0.3 is 11.4 Å². The molecule has 0 bridgehead atoms. The van der Waals surface area contributed by atoms with Crippen LogP contribution in [-0.2, 0) is 15.3 Å². The molecule has 3 rings (SSSR count). The first-order chi connectivity index (χ1) is 10.6. The van der Waals surface area contributed by atoms with Gasteiger partial charge in [-0.3, -0.25) is 4.79 Å². The van der Waals surface area contributed by atoms with E-state index in [2.05, 4.69) is 5.10 Å². The van der Waals surface area contributed by atoms with Crippen LogP contribution < -0.4 is 11.4 Å². The van der Waals surface area contributed by atoms with E-state index in [1.807, 2.05) is 0 Å². The maximum Gasteiger partial charge on any atom is 0.354 e.